The molecule has 2 aliphatic heterocycles. The largest absolute Gasteiger partial charge is 0.416 e. The maximum atomic E-state index is 13.3. The van der Waals surface area contributed by atoms with Crippen LogP contribution in [0.1, 0.15) is 35.7 Å². The Hall–Kier alpha value is -3.63. The van der Waals surface area contributed by atoms with Crippen LogP contribution in [0.3, 0.4) is 0 Å². The first-order valence-electron chi connectivity index (χ1n) is 11.1. The van der Waals surface area contributed by atoms with Gasteiger partial charge in [-0.25, -0.2) is 4.98 Å². The molecule has 3 aromatic rings. The van der Waals surface area contributed by atoms with Crippen LogP contribution in [0.25, 0.3) is 0 Å². The van der Waals surface area contributed by atoms with Crippen LogP contribution in [-0.2, 0) is 30.5 Å². The maximum absolute atomic E-state index is 13.3. The quantitative estimate of drug-likeness (QED) is 0.614. The summed E-state index contributed by atoms with van der Waals surface area (Å²) in [4.78, 5) is 25.6. The maximum Gasteiger partial charge on any atom is 0.416 e. The number of nitrogens with one attached hydrogen (secondary N) is 1. The van der Waals surface area contributed by atoms with Crippen LogP contribution in [0.4, 0.5) is 30.6 Å². The van der Waals surface area contributed by atoms with E-state index in [0.717, 1.165) is 41.7 Å². The first-order valence-corrected chi connectivity index (χ1v) is 11.1. The van der Waals surface area contributed by atoms with E-state index in [4.69, 9.17) is 0 Å². The van der Waals surface area contributed by atoms with Crippen LogP contribution in [0.2, 0.25) is 0 Å². The van der Waals surface area contributed by atoms with E-state index in [2.05, 4.69) is 20.4 Å². The number of carbonyl (C=O) groups excluding carboxylic acids is 1. The number of hydrogen-bond acceptors (Lipinski definition) is 6. The van der Waals surface area contributed by atoms with Crippen molar-refractivity contribution in [1.29, 1.82) is 0 Å². The second kappa shape index (κ2) is 8.30. The van der Waals surface area contributed by atoms with E-state index in [1.807, 2.05) is 18.9 Å². The number of benzene rings is 1. The summed E-state index contributed by atoms with van der Waals surface area (Å²) in [6, 6.07) is 5.19. The summed E-state index contributed by atoms with van der Waals surface area (Å²) in [6.45, 7) is 2.91. The molecule has 0 bridgehead atoms. The van der Waals surface area contributed by atoms with Crippen molar-refractivity contribution in [1.82, 2.24) is 19.7 Å². The third-order valence-electron chi connectivity index (χ3n) is 6.33. The molecule has 0 saturated heterocycles. The van der Waals surface area contributed by atoms with Gasteiger partial charge < -0.3 is 15.1 Å². The molecule has 0 radical (unpaired) electrons. The van der Waals surface area contributed by atoms with Gasteiger partial charge >= 0.3 is 6.18 Å². The molecule has 34 heavy (non-hydrogen) atoms. The summed E-state index contributed by atoms with van der Waals surface area (Å²) in [5.41, 5.74) is 1.92. The lowest BCUT2D eigenvalue weighted by atomic mass is 10.0. The van der Waals surface area contributed by atoms with Crippen LogP contribution >= 0.6 is 0 Å². The molecule has 0 unspecified atom stereocenters. The standard InChI is InChI=1S/C23H24F3N7O/c1-14-21(34)33-9-5-8-18-19(33)20(31(14)2)30-22(29-18)27-10-15-11-28-32(12-15)13-16-6-3-4-7-17(16)23(24,25)26/h3-4,6-7,11-12,14H,5,8-10,13H2,1-2H3,(H,27,29,30)/t14-/m0/s1. The van der Waals surface area contributed by atoms with Crippen molar-refractivity contribution in [3.8, 4) is 0 Å². The number of likely N-dealkylation sites (N-methyl/N-ethyl adjacent to an activating group) is 1. The Labute approximate surface area is 194 Å². The van der Waals surface area contributed by atoms with E-state index in [1.54, 1.807) is 23.4 Å². The van der Waals surface area contributed by atoms with Gasteiger partial charge in [-0.15, -0.1) is 0 Å². The minimum Gasteiger partial charge on any atom is -0.350 e. The van der Waals surface area contributed by atoms with Gasteiger partial charge in [0, 0.05) is 31.9 Å². The molecule has 0 aliphatic carbocycles. The van der Waals surface area contributed by atoms with E-state index in [0.29, 0.717) is 19.0 Å². The fourth-order valence-electron chi connectivity index (χ4n) is 4.45. The minimum absolute atomic E-state index is 0.0156. The molecule has 0 fully saturated rings. The Morgan fingerprint density at radius 3 is 2.79 bits per heavy atom. The molecule has 0 spiro atoms. The normalized spacial score (nSPS) is 17.7. The Balaban J connectivity index is 1.33. The molecule has 178 valence electrons. The summed E-state index contributed by atoms with van der Waals surface area (Å²) in [5, 5.41) is 7.41. The lowest BCUT2D eigenvalue weighted by molar-refractivity contribution is -0.138. The lowest BCUT2D eigenvalue weighted by Gasteiger charge is -2.41. The van der Waals surface area contributed by atoms with Crippen molar-refractivity contribution >= 4 is 23.4 Å². The van der Waals surface area contributed by atoms with E-state index in [-0.39, 0.29) is 24.1 Å². The highest BCUT2D eigenvalue weighted by atomic mass is 19.4. The zero-order valence-corrected chi connectivity index (χ0v) is 18.8. The van der Waals surface area contributed by atoms with Gasteiger partial charge in [0.25, 0.3) is 0 Å². The molecule has 2 aliphatic rings. The smallest absolute Gasteiger partial charge is 0.350 e. The van der Waals surface area contributed by atoms with Crippen molar-refractivity contribution in [2.24, 2.45) is 0 Å². The highest BCUT2D eigenvalue weighted by Crippen LogP contribution is 2.39. The van der Waals surface area contributed by atoms with Crippen molar-refractivity contribution < 1.29 is 18.0 Å². The zero-order chi connectivity index (χ0) is 24.0. The SMILES string of the molecule is C[C@H]1C(=O)N2CCCc3nc(NCc4cnn(Cc5ccccc5C(F)(F)F)c4)nc(c32)N1C. The van der Waals surface area contributed by atoms with Crippen molar-refractivity contribution in [3.63, 3.8) is 0 Å². The van der Waals surface area contributed by atoms with Crippen LogP contribution in [-0.4, -0.2) is 45.3 Å². The highest BCUT2D eigenvalue weighted by molar-refractivity contribution is 6.05. The molecule has 2 aromatic heterocycles. The van der Waals surface area contributed by atoms with Gasteiger partial charge in [0.05, 0.1) is 24.0 Å². The molecule has 1 atom stereocenters. The van der Waals surface area contributed by atoms with E-state index in [1.165, 1.54) is 16.8 Å². The second-order valence-corrected chi connectivity index (χ2v) is 8.60. The summed E-state index contributed by atoms with van der Waals surface area (Å²) in [5.74, 6) is 1.22. The van der Waals surface area contributed by atoms with Crippen molar-refractivity contribution in [2.75, 3.05) is 28.7 Å². The van der Waals surface area contributed by atoms with Gasteiger partial charge in [-0.05, 0) is 31.4 Å². The highest BCUT2D eigenvalue weighted by Gasteiger charge is 2.39. The zero-order valence-electron chi connectivity index (χ0n) is 18.8. The predicted molar refractivity (Wildman–Crippen MR) is 121 cm³/mol. The molecule has 8 nitrogen and oxygen atoms in total. The summed E-state index contributed by atoms with van der Waals surface area (Å²) < 4.78 is 41.3. The number of alkyl halides is 3. The number of carbonyl (C=O) groups is 1. The summed E-state index contributed by atoms with van der Waals surface area (Å²) in [7, 11) is 1.85. The number of halogens is 3. The van der Waals surface area contributed by atoms with E-state index >= 15 is 0 Å². The number of rotatable bonds is 5. The Kier molecular flexibility index (Phi) is 5.41. The monoisotopic (exact) mass is 471 g/mol. The fourth-order valence-corrected chi connectivity index (χ4v) is 4.45. The number of hydrogen-bond donors (Lipinski definition) is 1. The second-order valence-electron chi connectivity index (χ2n) is 8.60. The topological polar surface area (TPSA) is 79.2 Å². The average Bonchev–Trinajstić information content (AvgIpc) is 3.26. The minimum atomic E-state index is -4.41. The fraction of sp³-hybridized carbons (Fsp3) is 0.391. The lowest BCUT2D eigenvalue weighted by Crippen LogP contribution is -2.53. The van der Waals surface area contributed by atoms with Gasteiger partial charge in [-0.1, -0.05) is 18.2 Å². The first-order chi connectivity index (χ1) is 16.2. The van der Waals surface area contributed by atoms with Gasteiger partial charge in [-0.2, -0.15) is 23.3 Å². The summed E-state index contributed by atoms with van der Waals surface area (Å²) in [6.07, 6.45) is 0.514. The molecule has 5 rings (SSSR count). The van der Waals surface area contributed by atoms with Crippen LogP contribution in [0, 0.1) is 0 Å². The van der Waals surface area contributed by atoms with Gasteiger partial charge in [0.15, 0.2) is 5.82 Å². The Bertz CT molecular complexity index is 1240. The van der Waals surface area contributed by atoms with E-state index in [9.17, 15) is 18.0 Å². The van der Waals surface area contributed by atoms with Gasteiger partial charge in [-0.3, -0.25) is 9.48 Å². The number of aromatic nitrogens is 4. The number of amides is 1. The molecular formula is C23H24F3N7O. The molecule has 1 N–H and O–H groups in total. The predicted octanol–water partition coefficient (Wildman–Crippen LogP) is 3.47. The molecule has 11 heteroatoms. The molecule has 1 aromatic carbocycles. The van der Waals surface area contributed by atoms with Crippen molar-refractivity contribution in [3.05, 3.63) is 59.0 Å². The molecule has 0 saturated carbocycles. The third kappa shape index (κ3) is 3.95. The van der Waals surface area contributed by atoms with Crippen molar-refractivity contribution in [2.45, 2.75) is 45.1 Å². The molecule has 1 amide bonds. The molecular weight excluding hydrogens is 447 g/mol. The van der Waals surface area contributed by atoms with Crippen LogP contribution < -0.4 is 15.1 Å². The van der Waals surface area contributed by atoms with E-state index < -0.39 is 11.7 Å². The molecule has 4 heterocycles. The third-order valence-corrected chi connectivity index (χ3v) is 6.33. The van der Waals surface area contributed by atoms with Gasteiger partial charge in [0.2, 0.25) is 11.9 Å². The first kappa shape index (κ1) is 22.2. The Morgan fingerprint density at radius 2 is 2.00 bits per heavy atom. The number of anilines is 3. The summed E-state index contributed by atoms with van der Waals surface area (Å²) >= 11 is 0. The number of nitrogens with zero attached hydrogens (tertiary/aromatic N) is 6. The Morgan fingerprint density at radius 1 is 1.21 bits per heavy atom. The van der Waals surface area contributed by atoms with Crippen LogP contribution in [0.5, 0.6) is 0 Å². The van der Waals surface area contributed by atoms with Gasteiger partial charge in [0.1, 0.15) is 11.7 Å². The van der Waals surface area contributed by atoms with Crippen LogP contribution in [0.15, 0.2) is 36.7 Å². The number of aryl methyl sites for hydroxylation is 1. The average molecular weight is 471 g/mol.